The number of esters is 1. The van der Waals surface area contributed by atoms with Crippen LogP contribution in [0.2, 0.25) is 0 Å². The molecule has 0 radical (unpaired) electrons. The van der Waals surface area contributed by atoms with E-state index in [0.29, 0.717) is 5.56 Å². The van der Waals surface area contributed by atoms with Gasteiger partial charge >= 0.3 is 19.6 Å². The van der Waals surface area contributed by atoms with E-state index in [-0.39, 0.29) is 44.1 Å². The number of amides is 2. The minimum absolute atomic E-state index is 0.0451. The molecule has 0 spiro atoms. The van der Waals surface area contributed by atoms with Gasteiger partial charge < -0.3 is 24.0 Å². The van der Waals surface area contributed by atoms with Gasteiger partial charge in [0.15, 0.2) is 0 Å². The summed E-state index contributed by atoms with van der Waals surface area (Å²) >= 11 is 0. The molecule has 0 heterocycles. The molecule has 1 atom stereocenters. The van der Waals surface area contributed by atoms with Crippen molar-refractivity contribution in [2.24, 2.45) is 5.92 Å². The van der Waals surface area contributed by atoms with Crippen LogP contribution >= 0.6 is 7.60 Å². The second-order valence-corrected chi connectivity index (χ2v) is 9.38. The maximum atomic E-state index is 13.0. The number of urea groups is 1. The lowest BCUT2D eigenvalue weighted by atomic mass is 10.1. The van der Waals surface area contributed by atoms with Crippen molar-refractivity contribution in [2.45, 2.75) is 40.2 Å². The molecule has 12 heteroatoms. The van der Waals surface area contributed by atoms with Crippen LogP contribution in [-0.2, 0) is 29.6 Å². The average molecular weight is 473 g/mol. The smallest absolute Gasteiger partial charge is 0.349 e. The van der Waals surface area contributed by atoms with Crippen molar-refractivity contribution in [2.75, 3.05) is 33.2 Å². The predicted octanol–water partition coefficient (Wildman–Crippen LogP) is 3.57. The van der Waals surface area contributed by atoms with E-state index in [1.165, 1.54) is 36.3 Å². The molecule has 0 unspecified atom stereocenters. The van der Waals surface area contributed by atoms with Crippen LogP contribution in [0.1, 0.15) is 33.3 Å². The number of hydrogen-bond donors (Lipinski definition) is 1. The molecule has 0 fully saturated rings. The lowest BCUT2D eigenvalue weighted by molar-refractivity contribution is -0.384. The third kappa shape index (κ3) is 8.94. The molecule has 0 saturated heterocycles. The van der Waals surface area contributed by atoms with E-state index in [1.807, 2.05) is 13.8 Å². The first-order chi connectivity index (χ1) is 15.0. The minimum atomic E-state index is -3.56. The second kappa shape index (κ2) is 13.1. The molecular formula is C20H32N3O8P. The fraction of sp³-hybridized carbons (Fsp3) is 0.600. The SMILES string of the molecule is CCOP(=O)(CN(CC(C)C)C(=O)N[C@@H](Cc1ccc([N+](=O)[O-])cc1)C(=O)OC)OCC. The first kappa shape index (κ1) is 27.5. The van der Waals surface area contributed by atoms with E-state index < -0.39 is 30.6 Å². The molecule has 1 aromatic rings. The largest absolute Gasteiger partial charge is 0.467 e. The van der Waals surface area contributed by atoms with Gasteiger partial charge in [0.05, 0.1) is 25.2 Å². The summed E-state index contributed by atoms with van der Waals surface area (Å²) in [7, 11) is -2.36. The lowest BCUT2D eigenvalue weighted by Crippen LogP contribution is -2.50. The minimum Gasteiger partial charge on any atom is -0.467 e. The van der Waals surface area contributed by atoms with Crippen LogP contribution < -0.4 is 5.32 Å². The zero-order valence-electron chi connectivity index (χ0n) is 19.1. The Bertz CT molecular complexity index is 806. The Morgan fingerprint density at radius 1 is 1.16 bits per heavy atom. The van der Waals surface area contributed by atoms with Crippen LogP contribution in [-0.4, -0.2) is 61.0 Å². The number of nitro groups is 1. The van der Waals surface area contributed by atoms with Crippen LogP contribution in [0.5, 0.6) is 0 Å². The highest BCUT2D eigenvalue weighted by Crippen LogP contribution is 2.48. The quantitative estimate of drug-likeness (QED) is 0.199. The second-order valence-electron chi connectivity index (χ2n) is 7.36. The number of rotatable bonds is 13. The van der Waals surface area contributed by atoms with Gasteiger partial charge in [0, 0.05) is 25.1 Å². The van der Waals surface area contributed by atoms with E-state index in [4.69, 9.17) is 13.8 Å². The first-order valence-electron chi connectivity index (χ1n) is 10.3. The van der Waals surface area contributed by atoms with Gasteiger partial charge in [0.2, 0.25) is 0 Å². The van der Waals surface area contributed by atoms with Gasteiger partial charge in [-0.15, -0.1) is 0 Å². The fourth-order valence-electron chi connectivity index (χ4n) is 2.93. The van der Waals surface area contributed by atoms with Crippen molar-refractivity contribution in [1.29, 1.82) is 0 Å². The van der Waals surface area contributed by atoms with Crippen LogP contribution in [0.4, 0.5) is 10.5 Å². The molecule has 0 aromatic heterocycles. The number of methoxy groups -OCH3 is 1. The van der Waals surface area contributed by atoms with Crippen molar-refractivity contribution in [3.8, 4) is 0 Å². The number of hydrogen-bond acceptors (Lipinski definition) is 8. The summed E-state index contributed by atoms with van der Waals surface area (Å²) in [5, 5.41) is 13.4. The number of nitro benzene ring substituents is 1. The number of carbonyl (C=O) groups is 2. The molecule has 1 N–H and O–H groups in total. The number of carbonyl (C=O) groups excluding carboxylic acids is 2. The van der Waals surface area contributed by atoms with Gasteiger partial charge in [-0.2, -0.15) is 0 Å². The molecule has 0 aliphatic carbocycles. The molecule has 11 nitrogen and oxygen atoms in total. The Morgan fingerprint density at radius 3 is 2.16 bits per heavy atom. The fourth-order valence-corrected chi connectivity index (χ4v) is 4.62. The van der Waals surface area contributed by atoms with Crippen LogP contribution in [0, 0.1) is 16.0 Å². The summed E-state index contributed by atoms with van der Waals surface area (Å²) in [5.41, 5.74) is 0.508. The van der Waals surface area contributed by atoms with Gasteiger partial charge in [0.1, 0.15) is 12.3 Å². The number of non-ortho nitro benzene ring substituents is 1. The third-order valence-electron chi connectivity index (χ3n) is 4.24. The van der Waals surface area contributed by atoms with E-state index in [2.05, 4.69) is 5.32 Å². The summed E-state index contributed by atoms with van der Waals surface area (Å²) in [6.07, 6.45) is -0.218. The zero-order chi connectivity index (χ0) is 24.3. The number of nitrogens with zero attached hydrogens (tertiary/aromatic N) is 2. The molecule has 0 bridgehead atoms. The molecule has 1 rings (SSSR count). The van der Waals surface area contributed by atoms with Gasteiger partial charge in [0.25, 0.3) is 5.69 Å². The summed E-state index contributed by atoms with van der Waals surface area (Å²) < 4.78 is 28.3. The Balaban J connectivity index is 3.05. The van der Waals surface area contributed by atoms with E-state index in [1.54, 1.807) is 13.8 Å². The van der Waals surface area contributed by atoms with Gasteiger partial charge in [-0.25, -0.2) is 9.59 Å². The van der Waals surface area contributed by atoms with Gasteiger partial charge in [-0.1, -0.05) is 26.0 Å². The Labute approximate surface area is 188 Å². The zero-order valence-corrected chi connectivity index (χ0v) is 20.0. The molecule has 32 heavy (non-hydrogen) atoms. The summed E-state index contributed by atoms with van der Waals surface area (Å²) in [6, 6.07) is 3.96. The molecule has 2 amide bonds. The number of nitrogens with one attached hydrogen (secondary N) is 1. The van der Waals surface area contributed by atoms with Crippen molar-refractivity contribution >= 4 is 25.3 Å². The third-order valence-corrected chi connectivity index (χ3v) is 6.23. The van der Waals surface area contributed by atoms with Crippen molar-refractivity contribution in [3.05, 3.63) is 39.9 Å². The molecule has 180 valence electrons. The monoisotopic (exact) mass is 473 g/mol. The van der Waals surface area contributed by atoms with E-state index in [0.717, 1.165) is 0 Å². The van der Waals surface area contributed by atoms with Gasteiger partial charge in [-0.05, 0) is 25.3 Å². The highest BCUT2D eigenvalue weighted by molar-refractivity contribution is 7.53. The van der Waals surface area contributed by atoms with Crippen molar-refractivity contribution in [3.63, 3.8) is 0 Å². The Hall–Kier alpha value is -2.49. The Kier molecular flexibility index (Phi) is 11.3. The Morgan fingerprint density at radius 2 is 1.72 bits per heavy atom. The van der Waals surface area contributed by atoms with E-state index in [9.17, 15) is 24.3 Å². The average Bonchev–Trinajstić information content (AvgIpc) is 2.72. The van der Waals surface area contributed by atoms with Crippen molar-refractivity contribution in [1.82, 2.24) is 10.2 Å². The van der Waals surface area contributed by atoms with Crippen LogP contribution in [0.25, 0.3) is 0 Å². The maximum Gasteiger partial charge on any atom is 0.349 e. The van der Waals surface area contributed by atoms with E-state index >= 15 is 0 Å². The standard InChI is InChI=1S/C20H32N3O8P/c1-6-30-32(28,31-7-2)14-22(13-15(3)4)20(25)21-18(19(24)29-5)12-16-8-10-17(11-9-16)23(26)27/h8-11,15,18H,6-7,12-14H2,1-5H3,(H,21,25)/t18-/m0/s1. The summed E-state index contributed by atoms with van der Waals surface area (Å²) in [5.74, 6) is -0.636. The van der Waals surface area contributed by atoms with Crippen molar-refractivity contribution < 1.29 is 32.9 Å². The summed E-state index contributed by atoms with van der Waals surface area (Å²) in [4.78, 5) is 36.9. The molecule has 0 aliphatic heterocycles. The highest BCUT2D eigenvalue weighted by Gasteiger charge is 2.32. The first-order valence-corrected chi connectivity index (χ1v) is 12.0. The molecular weight excluding hydrogens is 441 g/mol. The number of benzene rings is 1. The molecule has 1 aromatic carbocycles. The summed E-state index contributed by atoms with van der Waals surface area (Å²) in [6.45, 7) is 7.69. The predicted molar refractivity (Wildman–Crippen MR) is 118 cm³/mol. The van der Waals surface area contributed by atoms with Gasteiger partial charge in [-0.3, -0.25) is 14.7 Å². The maximum absolute atomic E-state index is 13.0. The normalized spacial score (nSPS) is 12.3. The lowest BCUT2D eigenvalue weighted by Gasteiger charge is -2.29. The highest BCUT2D eigenvalue weighted by atomic mass is 31.2. The topological polar surface area (TPSA) is 137 Å². The van der Waals surface area contributed by atoms with Crippen LogP contribution in [0.15, 0.2) is 24.3 Å². The number of ether oxygens (including phenoxy) is 1. The molecule has 0 saturated carbocycles. The van der Waals surface area contributed by atoms with Crippen LogP contribution in [0.3, 0.4) is 0 Å². The molecule has 0 aliphatic rings.